The number of thioether (sulfide) groups is 1. The molecule has 4 nitrogen and oxygen atoms in total. The number of carbonyl (C=O) groups is 1. The molecule has 0 saturated carbocycles. The van der Waals surface area contributed by atoms with E-state index < -0.39 is 6.36 Å². The van der Waals surface area contributed by atoms with Crippen molar-refractivity contribution in [2.75, 3.05) is 26.2 Å². The van der Waals surface area contributed by atoms with Crippen LogP contribution in [0.3, 0.4) is 0 Å². The number of amides is 1. The minimum absolute atomic E-state index is 0. The summed E-state index contributed by atoms with van der Waals surface area (Å²) in [7, 11) is 0. The second-order valence-electron chi connectivity index (χ2n) is 4.48. The second-order valence-corrected chi connectivity index (χ2v) is 5.41. The first kappa shape index (κ1) is 18.9. The molecule has 1 N–H and O–H groups in total. The third kappa shape index (κ3) is 6.33. The number of halogens is 4. The van der Waals surface area contributed by atoms with Gasteiger partial charge in [-0.05, 0) is 17.7 Å². The SMILES string of the molecule is Cl.O=C(SCc1ccc(OC(F)(F)F)cc1)N1CCNCC1. The molecule has 1 heterocycles. The fraction of sp³-hybridized carbons (Fsp3) is 0.462. The zero-order valence-corrected chi connectivity index (χ0v) is 13.2. The van der Waals surface area contributed by atoms with E-state index in [1.165, 1.54) is 24.3 Å². The summed E-state index contributed by atoms with van der Waals surface area (Å²) in [4.78, 5) is 13.7. The van der Waals surface area contributed by atoms with Gasteiger partial charge in [-0.2, -0.15) is 0 Å². The number of hydrogen-bond acceptors (Lipinski definition) is 4. The molecule has 0 bridgehead atoms. The summed E-state index contributed by atoms with van der Waals surface area (Å²) in [6, 6.07) is 5.55. The summed E-state index contributed by atoms with van der Waals surface area (Å²) in [5, 5.41) is 3.15. The summed E-state index contributed by atoms with van der Waals surface area (Å²) in [6.45, 7) is 2.94. The number of hydrogen-bond donors (Lipinski definition) is 1. The topological polar surface area (TPSA) is 41.6 Å². The molecule has 0 unspecified atom stereocenters. The molecule has 22 heavy (non-hydrogen) atoms. The van der Waals surface area contributed by atoms with Crippen LogP contribution in [0.2, 0.25) is 0 Å². The predicted molar refractivity (Wildman–Crippen MR) is 81.5 cm³/mol. The standard InChI is InChI=1S/C13H15F3N2O2S.ClH/c14-13(15,16)20-11-3-1-10(2-4-11)9-21-12(19)18-7-5-17-6-8-18;/h1-4,17H,5-9H2;1H. The van der Waals surface area contributed by atoms with E-state index in [1.807, 2.05) is 0 Å². The van der Waals surface area contributed by atoms with Gasteiger partial charge < -0.3 is 15.0 Å². The first-order valence-corrected chi connectivity index (χ1v) is 7.40. The molecule has 0 spiro atoms. The molecule has 0 radical (unpaired) electrons. The monoisotopic (exact) mass is 356 g/mol. The largest absolute Gasteiger partial charge is 0.573 e. The van der Waals surface area contributed by atoms with Gasteiger partial charge in [0.2, 0.25) is 0 Å². The quantitative estimate of drug-likeness (QED) is 0.902. The highest BCUT2D eigenvalue weighted by Gasteiger charge is 2.30. The van der Waals surface area contributed by atoms with Crippen LogP contribution in [0.1, 0.15) is 5.56 Å². The molecule has 1 aromatic rings. The number of benzene rings is 1. The van der Waals surface area contributed by atoms with Crippen molar-refractivity contribution >= 4 is 29.4 Å². The molecule has 1 fully saturated rings. The van der Waals surface area contributed by atoms with E-state index in [0.717, 1.165) is 30.4 Å². The highest BCUT2D eigenvalue weighted by molar-refractivity contribution is 8.12. The van der Waals surface area contributed by atoms with Crippen LogP contribution in [0.15, 0.2) is 24.3 Å². The van der Waals surface area contributed by atoms with Gasteiger partial charge >= 0.3 is 6.36 Å². The van der Waals surface area contributed by atoms with Crippen LogP contribution in [-0.4, -0.2) is 42.7 Å². The van der Waals surface area contributed by atoms with Gasteiger partial charge in [0.25, 0.3) is 5.24 Å². The Morgan fingerprint density at radius 1 is 1.23 bits per heavy atom. The molecular weight excluding hydrogens is 341 g/mol. The van der Waals surface area contributed by atoms with E-state index in [9.17, 15) is 18.0 Å². The van der Waals surface area contributed by atoms with Gasteiger partial charge in [-0.3, -0.25) is 4.79 Å². The number of nitrogens with one attached hydrogen (secondary N) is 1. The highest BCUT2D eigenvalue weighted by Crippen LogP contribution is 2.24. The van der Waals surface area contributed by atoms with Gasteiger partial charge in [-0.15, -0.1) is 25.6 Å². The Morgan fingerprint density at radius 2 is 1.82 bits per heavy atom. The van der Waals surface area contributed by atoms with Gasteiger partial charge in [0.1, 0.15) is 5.75 Å². The normalized spacial score (nSPS) is 15.1. The lowest BCUT2D eigenvalue weighted by Crippen LogP contribution is -2.45. The number of carbonyl (C=O) groups excluding carboxylic acids is 1. The fourth-order valence-electron chi connectivity index (χ4n) is 1.87. The Bertz CT molecular complexity index is 479. The molecular formula is C13H16ClF3N2O2S. The number of nitrogens with zero attached hydrogens (tertiary/aromatic N) is 1. The molecule has 124 valence electrons. The predicted octanol–water partition coefficient (Wildman–Crippen LogP) is 3.27. The zero-order chi connectivity index (χ0) is 15.3. The van der Waals surface area contributed by atoms with Crippen LogP contribution >= 0.6 is 24.2 Å². The number of rotatable bonds is 3. The average molecular weight is 357 g/mol. The fourth-order valence-corrected chi connectivity index (χ4v) is 2.72. The van der Waals surface area contributed by atoms with Crippen LogP contribution in [0.4, 0.5) is 18.0 Å². The molecule has 0 aromatic heterocycles. The van der Waals surface area contributed by atoms with Crippen molar-refractivity contribution in [2.45, 2.75) is 12.1 Å². The molecule has 0 atom stereocenters. The Labute approximate surface area is 136 Å². The molecule has 1 saturated heterocycles. The Hall–Kier alpha value is -1.12. The number of alkyl halides is 3. The van der Waals surface area contributed by atoms with Crippen LogP contribution in [-0.2, 0) is 5.75 Å². The van der Waals surface area contributed by atoms with E-state index in [1.54, 1.807) is 4.90 Å². The van der Waals surface area contributed by atoms with E-state index in [-0.39, 0.29) is 23.4 Å². The summed E-state index contributed by atoms with van der Waals surface area (Å²) in [6.07, 6.45) is -4.69. The maximum Gasteiger partial charge on any atom is 0.573 e. The van der Waals surface area contributed by atoms with E-state index in [0.29, 0.717) is 18.8 Å². The summed E-state index contributed by atoms with van der Waals surface area (Å²) in [5.74, 6) is 0.166. The molecule has 1 aromatic carbocycles. The van der Waals surface area contributed by atoms with Gasteiger partial charge in [-0.25, -0.2) is 0 Å². The third-order valence-electron chi connectivity index (χ3n) is 2.89. The van der Waals surface area contributed by atoms with Crippen LogP contribution in [0, 0.1) is 0 Å². The van der Waals surface area contributed by atoms with Crippen molar-refractivity contribution in [3.63, 3.8) is 0 Å². The lowest BCUT2D eigenvalue weighted by atomic mass is 10.2. The number of piperazine rings is 1. The summed E-state index contributed by atoms with van der Waals surface area (Å²) < 4.78 is 39.8. The summed E-state index contributed by atoms with van der Waals surface area (Å²) in [5.41, 5.74) is 0.776. The maximum atomic E-state index is 12.0. The van der Waals surface area contributed by atoms with Crippen molar-refractivity contribution in [3.05, 3.63) is 29.8 Å². The molecule has 1 amide bonds. The number of ether oxygens (including phenoxy) is 1. The van der Waals surface area contributed by atoms with Crippen LogP contribution in [0.25, 0.3) is 0 Å². The summed E-state index contributed by atoms with van der Waals surface area (Å²) >= 11 is 1.15. The minimum atomic E-state index is -4.69. The first-order chi connectivity index (χ1) is 9.94. The van der Waals surface area contributed by atoms with Crippen molar-refractivity contribution in [2.24, 2.45) is 0 Å². The highest BCUT2D eigenvalue weighted by atomic mass is 35.5. The third-order valence-corrected chi connectivity index (χ3v) is 3.88. The van der Waals surface area contributed by atoms with Crippen molar-refractivity contribution in [3.8, 4) is 5.75 Å². The van der Waals surface area contributed by atoms with Crippen molar-refractivity contribution in [1.29, 1.82) is 0 Å². The van der Waals surface area contributed by atoms with Gasteiger partial charge in [0, 0.05) is 31.9 Å². The van der Waals surface area contributed by atoms with Gasteiger partial charge in [0.05, 0.1) is 0 Å². The van der Waals surface area contributed by atoms with Crippen molar-refractivity contribution in [1.82, 2.24) is 10.2 Å². The van der Waals surface area contributed by atoms with Crippen molar-refractivity contribution < 1.29 is 22.7 Å². The molecule has 0 aliphatic carbocycles. The van der Waals surface area contributed by atoms with Gasteiger partial charge in [-0.1, -0.05) is 23.9 Å². The Morgan fingerprint density at radius 3 is 2.36 bits per heavy atom. The zero-order valence-electron chi connectivity index (χ0n) is 11.6. The smallest absolute Gasteiger partial charge is 0.406 e. The molecule has 1 aliphatic heterocycles. The lowest BCUT2D eigenvalue weighted by molar-refractivity contribution is -0.274. The van der Waals surface area contributed by atoms with E-state index >= 15 is 0 Å². The average Bonchev–Trinajstić information content (AvgIpc) is 2.45. The Kier molecular flexibility index (Phi) is 7.31. The minimum Gasteiger partial charge on any atom is -0.406 e. The van der Waals surface area contributed by atoms with Gasteiger partial charge in [0.15, 0.2) is 0 Å². The van der Waals surface area contributed by atoms with Crippen LogP contribution < -0.4 is 10.1 Å². The molecule has 9 heteroatoms. The molecule has 1 aliphatic rings. The van der Waals surface area contributed by atoms with E-state index in [4.69, 9.17) is 0 Å². The Balaban J connectivity index is 0.00000242. The first-order valence-electron chi connectivity index (χ1n) is 6.41. The van der Waals surface area contributed by atoms with E-state index in [2.05, 4.69) is 10.1 Å². The maximum absolute atomic E-state index is 12.0. The van der Waals surface area contributed by atoms with Crippen LogP contribution in [0.5, 0.6) is 5.75 Å². The molecule has 2 rings (SSSR count). The lowest BCUT2D eigenvalue weighted by Gasteiger charge is -2.26. The second kappa shape index (κ2) is 8.50.